The third-order valence-corrected chi connectivity index (χ3v) is 2.43. The molecule has 0 saturated heterocycles. The first-order valence-electron chi connectivity index (χ1n) is 6.32. The standard InChI is InChI=1S/C15H21N3O/c1-5-9-18(10-6-2)15(19)13-7-8-14(16-11-13)17-12(3)4/h5-8,11-12H,1-2,9-10H2,3-4H3,(H,16,17). The summed E-state index contributed by atoms with van der Waals surface area (Å²) in [6, 6.07) is 3.90. The number of anilines is 1. The first kappa shape index (κ1) is 15.0. The van der Waals surface area contributed by atoms with Crippen molar-refractivity contribution in [2.24, 2.45) is 0 Å². The number of nitrogens with one attached hydrogen (secondary N) is 1. The van der Waals surface area contributed by atoms with Crippen LogP contribution >= 0.6 is 0 Å². The van der Waals surface area contributed by atoms with Crippen LogP contribution in [-0.2, 0) is 0 Å². The molecule has 0 atom stereocenters. The molecule has 0 spiro atoms. The molecule has 4 heteroatoms. The van der Waals surface area contributed by atoms with E-state index in [0.717, 1.165) is 5.82 Å². The molecule has 1 aromatic heterocycles. The number of amides is 1. The van der Waals surface area contributed by atoms with E-state index < -0.39 is 0 Å². The van der Waals surface area contributed by atoms with Crippen LogP contribution in [0.15, 0.2) is 43.6 Å². The Morgan fingerprint density at radius 3 is 2.42 bits per heavy atom. The van der Waals surface area contributed by atoms with E-state index in [4.69, 9.17) is 0 Å². The maximum Gasteiger partial charge on any atom is 0.255 e. The van der Waals surface area contributed by atoms with Crippen molar-refractivity contribution in [3.8, 4) is 0 Å². The third kappa shape index (κ3) is 4.58. The molecule has 0 aromatic carbocycles. The third-order valence-electron chi connectivity index (χ3n) is 2.43. The van der Waals surface area contributed by atoms with Gasteiger partial charge in [0.1, 0.15) is 5.82 Å². The van der Waals surface area contributed by atoms with E-state index in [9.17, 15) is 4.79 Å². The zero-order valence-electron chi connectivity index (χ0n) is 11.6. The van der Waals surface area contributed by atoms with Crippen LogP contribution in [0, 0.1) is 0 Å². The van der Waals surface area contributed by atoms with Gasteiger partial charge in [-0.2, -0.15) is 0 Å². The minimum Gasteiger partial charge on any atom is -0.368 e. The Hall–Kier alpha value is -2.10. The lowest BCUT2D eigenvalue weighted by Crippen LogP contribution is -2.31. The monoisotopic (exact) mass is 259 g/mol. The molecule has 102 valence electrons. The fourth-order valence-corrected chi connectivity index (χ4v) is 1.64. The second-order valence-electron chi connectivity index (χ2n) is 4.52. The molecular weight excluding hydrogens is 238 g/mol. The summed E-state index contributed by atoms with van der Waals surface area (Å²) >= 11 is 0. The normalized spacial score (nSPS) is 10.1. The van der Waals surface area contributed by atoms with E-state index in [0.29, 0.717) is 24.7 Å². The van der Waals surface area contributed by atoms with Gasteiger partial charge in [0.2, 0.25) is 0 Å². The molecule has 19 heavy (non-hydrogen) atoms. The average Bonchev–Trinajstić information content (AvgIpc) is 2.38. The van der Waals surface area contributed by atoms with E-state index >= 15 is 0 Å². The van der Waals surface area contributed by atoms with Crippen LogP contribution in [-0.4, -0.2) is 34.9 Å². The number of nitrogens with zero attached hydrogens (tertiary/aromatic N) is 2. The molecule has 0 saturated carbocycles. The Bertz CT molecular complexity index is 427. The first-order valence-corrected chi connectivity index (χ1v) is 6.32. The van der Waals surface area contributed by atoms with Gasteiger partial charge in [0, 0.05) is 25.3 Å². The quantitative estimate of drug-likeness (QED) is 0.766. The Morgan fingerprint density at radius 2 is 2.00 bits per heavy atom. The summed E-state index contributed by atoms with van der Waals surface area (Å²) in [5.74, 6) is 0.703. The summed E-state index contributed by atoms with van der Waals surface area (Å²) < 4.78 is 0. The number of carbonyl (C=O) groups is 1. The second kappa shape index (κ2) is 7.36. The van der Waals surface area contributed by atoms with Crippen LogP contribution in [0.1, 0.15) is 24.2 Å². The van der Waals surface area contributed by atoms with Gasteiger partial charge < -0.3 is 10.2 Å². The van der Waals surface area contributed by atoms with Gasteiger partial charge in [-0.25, -0.2) is 4.98 Å². The summed E-state index contributed by atoms with van der Waals surface area (Å²) in [6.45, 7) is 12.4. The lowest BCUT2D eigenvalue weighted by Gasteiger charge is -2.19. The van der Waals surface area contributed by atoms with Gasteiger partial charge >= 0.3 is 0 Å². The topological polar surface area (TPSA) is 45.2 Å². The van der Waals surface area contributed by atoms with Crippen molar-refractivity contribution < 1.29 is 4.79 Å². The number of pyridine rings is 1. The molecule has 1 N–H and O–H groups in total. The highest BCUT2D eigenvalue weighted by Gasteiger charge is 2.13. The molecule has 1 heterocycles. The molecule has 0 bridgehead atoms. The molecule has 1 rings (SSSR count). The maximum atomic E-state index is 12.2. The van der Waals surface area contributed by atoms with Crippen LogP contribution in [0.2, 0.25) is 0 Å². The predicted octanol–water partition coefficient (Wildman–Crippen LogP) is 2.72. The smallest absolute Gasteiger partial charge is 0.255 e. The van der Waals surface area contributed by atoms with Gasteiger partial charge in [0.05, 0.1) is 5.56 Å². The van der Waals surface area contributed by atoms with Crippen molar-refractivity contribution in [1.82, 2.24) is 9.88 Å². The fraction of sp³-hybridized carbons (Fsp3) is 0.333. The molecule has 0 fully saturated rings. The van der Waals surface area contributed by atoms with Crippen LogP contribution in [0.4, 0.5) is 5.82 Å². The van der Waals surface area contributed by atoms with E-state index in [1.54, 1.807) is 29.3 Å². The molecule has 0 aliphatic heterocycles. The van der Waals surface area contributed by atoms with Gasteiger partial charge in [0.25, 0.3) is 5.91 Å². The lowest BCUT2D eigenvalue weighted by molar-refractivity contribution is 0.0790. The molecule has 0 aliphatic carbocycles. The Morgan fingerprint density at radius 1 is 1.37 bits per heavy atom. The molecule has 1 amide bonds. The van der Waals surface area contributed by atoms with Crippen molar-refractivity contribution >= 4 is 11.7 Å². The zero-order chi connectivity index (χ0) is 14.3. The summed E-state index contributed by atoms with van der Waals surface area (Å²) in [5.41, 5.74) is 0.568. The molecular formula is C15H21N3O. The van der Waals surface area contributed by atoms with Crippen molar-refractivity contribution in [3.63, 3.8) is 0 Å². The summed E-state index contributed by atoms with van der Waals surface area (Å²) in [6.07, 6.45) is 4.99. The van der Waals surface area contributed by atoms with Crippen molar-refractivity contribution in [3.05, 3.63) is 49.2 Å². The van der Waals surface area contributed by atoms with Crippen LogP contribution in [0.5, 0.6) is 0 Å². The van der Waals surface area contributed by atoms with E-state index in [2.05, 4.69) is 23.5 Å². The Balaban J connectivity index is 2.80. The molecule has 4 nitrogen and oxygen atoms in total. The second-order valence-corrected chi connectivity index (χ2v) is 4.52. The summed E-state index contributed by atoms with van der Waals surface area (Å²) in [7, 11) is 0. The van der Waals surface area contributed by atoms with Gasteiger partial charge in [-0.1, -0.05) is 12.2 Å². The van der Waals surface area contributed by atoms with Crippen LogP contribution in [0.25, 0.3) is 0 Å². The predicted molar refractivity (Wildman–Crippen MR) is 79.3 cm³/mol. The fourth-order valence-electron chi connectivity index (χ4n) is 1.64. The number of hydrogen-bond donors (Lipinski definition) is 1. The van der Waals surface area contributed by atoms with Crippen LogP contribution in [0.3, 0.4) is 0 Å². The highest BCUT2D eigenvalue weighted by atomic mass is 16.2. The van der Waals surface area contributed by atoms with Crippen molar-refractivity contribution in [2.75, 3.05) is 18.4 Å². The number of aromatic nitrogens is 1. The van der Waals surface area contributed by atoms with E-state index in [1.807, 2.05) is 19.9 Å². The average molecular weight is 259 g/mol. The molecule has 0 radical (unpaired) electrons. The summed E-state index contributed by atoms with van der Waals surface area (Å²) in [5, 5.41) is 3.18. The Labute approximate surface area is 114 Å². The van der Waals surface area contributed by atoms with Crippen molar-refractivity contribution in [2.45, 2.75) is 19.9 Å². The van der Waals surface area contributed by atoms with Crippen molar-refractivity contribution in [1.29, 1.82) is 0 Å². The minimum atomic E-state index is -0.0663. The highest BCUT2D eigenvalue weighted by molar-refractivity contribution is 5.94. The van der Waals surface area contributed by atoms with Gasteiger partial charge in [-0.3, -0.25) is 4.79 Å². The number of carbonyl (C=O) groups excluding carboxylic acids is 1. The number of rotatable bonds is 7. The van der Waals surface area contributed by atoms with E-state index in [1.165, 1.54) is 0 Å². The lowest BCUT2D eigenvalue weighted by atomic mass is 10.2. The minimum absolute atomic E-state index is 0.0663. The molecule has 0 aliphatic rings. The van der Waals surface area contributed by atoms with Gasteiger partial charge in [-0.15, -0.1) is 13.2 Å². The Kier molecular flexibility index (Phi) is 5.79. The summed E-state index contributed by atoms with van der Waals surface area (Å²) in [4.78, 5) is 18.1. The largest absolute Gasteiger partial charge is 0.368 e. The molecule has 0 unspecified atom stereocenters. The van der Waals surface area contributed by atoms with Crippen LogP contribution < -0.4 is 5.32 Å². The number of hydrogen-bond acceptors (Lipinski definition) is 3. The van der Waals surface area contributed by atoms with Gasteiger partial charge in [0.15, 0.2) is 0 Å². The first-order chi connectivity index (χ1) is 9.08. The van der Waals surface area contributed by atoms with Gasteiger partial charge in [-0.05, 0) is 26.0 Å². The van der Waals surface area contributed by atoms with E-state index in [-0.39, 0.29) is 5.91 Å². The zero-order valence-corrected chi connectivity index (χ0v) is 11.6. The molecule has 1 aromatic rings. The highest BCUT2D eigenvalue weighted by Crippen LogP contribution is 2.09. The maximum absolute atomic E-state index is 12.2. The SMILES string of the molecule is C=CCN(CC=C)C(=O)c1ccc(NC(C)C)nc1.